The zero-order valence-electron chi connectivity index (χ0n) is 18.1. The van der Waals surface area contributed by atoms with Crippen LogP contribution in [0.3, 0.4) is 0 Å². The summed E-state index contributed by atoms with van der Waals surface area (Å²) < 4.78 is 4.84. The number of amides is 2. The van der Waals surface area contributed by atoms with Gasteiger partial charge in [0.05, 0.1) is 17.9 Å². The van der Waals surface area contributed by atoms with Crippen molar-refractivity contribution < 1.29 is 19.1 Å². The summed E-state index contributed by atoms with van der Waals surface area (Å²) in [5, 5.41) is 8.80. The molecular weight excluding hydrogens is 418 g/mol. The Balaban J connectivity index is 1.67. The Morgan fingerprint density at radius 1 is 0.909 bits per heavy atom. The molecule has 0 saturated carbocycles. The van der Waals surface area contributed by atoms with Gasteiger partial charge < -0.3 is 20.7 Å². The first-order valence-electron chi connectivity index (χ1n) is 10.6. The first-order chi connectivity index (χ1) is 16.1. The molecular formula is C26H23N3O4. The molecule has 7 nitrogen and oxygen atoms in total. The highest BCUT2D eigenvalue weighted by Gasteiger charge is 2.28. The van der Waals surface area contributed by atoms with E-state index in [1.807, 2.05) is 60.7 Å². The summed E-state index contributed by atoms with van der Waals surface area (Å²) in [6.45, 7) is 1.75. The molecule has 0 bridgehead atoms. The Morgan fingerprint density at radius 2 is 1.64 bits per heavy atom. The molecule has 1 heterocycles. The van der Waals surface area contributed by atoms with Crippen LogP contribution in [0.2, 0.25) is 0 Å². The molecule has 1 aliphatic heterocycles. The summed E-state index contributed by atoms with van der Waals surface area (Å²) in [5.41, 5.74) is 4.53. The van der Waals surface area contributed by atoms with E-state index in [0.717, 1.165) is 16.8 Å². The molecule has 33 heavy (non-hydrogen) atoms. The van der Waals surface area contributed by atoms with E-state index >= 15 is 0 Å². The molecule has 0 spiro atoms. The maximum atomic E-state index is 12.9. The van der Waals surface area contributed by atoms with E-state index < -0.39 is 11.9 Å². The van der Waals surface area contributed by atoms with Gasteiger partial charge in [0.2, 0.25) is 0 Å². The van der Waals surface area contributed by atoms with E-state index in [4.69, 9.17) is 4.74 Å². The van der Waals surface area contributed by atoms with Gasteiger partial charge in [0, 0.05) is 22.5 Å². The highest BCUT2D eigenvalue weighted by Crippen LogP contribution is 2.37. The monoisotopic (exact) mass is 441 g/mol. The van der Waals surface area contributed by atoms with Gasteiger partial charge in [-0.2, -0.15) is 0 Å². The molecule has 1 aliphatic rings. The van der Waals surface area contributed by atoms with Gasteiger partial charge in [0.1, 0.15) is 6.54 Å². The molecule has 0 atom stereocenters. The molecule has 3 aromatic carbocycles. The molecule has 4 rings (SSSR count). The number of fused-ring (bicyclic) bond motifs is 1. The van der Waals surface area contributed by atoms with Crippen molar-refractivity contribution in [3.63, 3.8) is 0 Å². The number of para-hydroxylation sites is 1. The molecule has 2 amide bonds. The van der Waals surface area contributed by atoms with Crippen LogP contribution >= 0.6 is 0 Å². The van der Waals surface area contributed by atoms with Gasteiger partial charge in [-0.1, -0.05) is 54.6 Å². The largest absolute Gasteiger partial charge is 0.465 e. The molecule has 0 unspecified atom stereocenters. The predicted molar refractivity (Wildman–Crippen MR) is 127 cm³/mol. The highest BCUT2D eigenvalue weighted by atomic mass is 16.5. The van der Waals surface area contributed by atoms with E-state index in [1.54, 1.807) is 25.1 Å². The number of hydrogen-bond donors (Lipinski definition) is 3. The van der Waals surface area contributed by atoms with Gasteiger partial charge in [-0.3, -0.25) is 14.4 Å². The maximum Gasteiger partial charge on any atom is 0.325 e. The fourth-order valence-electron chi connectivity index (χ4n) is 3.60. The number of benzene rings is 3. The first-order valence-corrected chi connectivity index (χ1v) is 10.6. The SMILES string of the molecule is CCOC(=O)CNC(=O)c1cccc(N/C(=C2\C(=O)Nc3ccccc32)c2ccccc2)c1. The molecule has 3 N–H and O–H groups in total. The zero-order valence-corrected chi connectivity index (χ0v) is 18.1. The number of nitrogens with one attached hydrogen (secondary N) is 3. The quantitative estimate of drug-likeness (QED) is 0.382. The van der Waals surface area contributed by atoms with Crippen molar-refractivity contribution in [2.45, 2.75) is 6.92 Å². The molecule has 3 aromatic rings. The minimum Gasteiger partial charge on any atom is -0.465 e. The van der Waals surface area contributed by atoms with Crippen LogP contribution in [0.5, 0.6) is 0 Å². The van der Waals surface area contributed by atoms with E-state index in [1.165, 1.54) is 0 Å². The Bertz CT molecular complexity index is 1240. The summed E-state index contributed by atoms with van der Waals surface area (Å²) in [5.74, 6) is -1.10. The van der Waals surface area contributed by atoms with Crippen LogP contribution in [0.1, 0.15) is 28.4 Å². The number of carbonyl (C=O) groups excluding carboxylic acids is 3. The van der Waals surface area contributed by atoms with Gasteiger partial charge in [0.25, 0.3) is 11.8 Å². The van der Waals surface area contributed by atoms with Crippen molar-refractivity contribution in [3.05, 3.63) is 95.6 Å². The Kier molecular flexibility index (Phi) is 6.50. The Morgan fingerprint density at radius 3 is 2.42 bits per heavy atom. The van der Waals surface area contributed by atoms with E-state index in [2.05, 4.69) is 16.0 Å². The fraction of sp³-hybridized carbons (Fsp3) is 0.115. The van der Waals surface area contributed by atoms with Gasteiger partial charge >= 0.3 is 5.97 Å². The van der Waals surface area contributed by atoms with Crippen molar-refractivity contribution in [2.75, 3.05) is 23.8 Å². The van der Waals surface area contributed by atoms with Crippen LogP contribution in [0.25, 0.3) is 11.3 Å². The van der Waals surface area contributed by atoms with Crippen LogP contribution in [-0.4, -0.2) is 30.9 Å². The van der Waals surface area contributed by atoms with Crippen LogP contribution in [0.15, 0.2) is 78.9 Å². The summed E-state index contributed by atoms with van der Waals surface area (Å²) in [6.07, 6.45) is 0. The maximum absolute atomic E-state index is 12.9. The van der Waals surface area contributed by atoms with E-state index in [-0.39, 0.29) is 19.1 Å². The number of anilines is 2. The van der Waals surface area contributed by atoms with Gasteiger partial charge in [-0.15, -0.1) is 0 Å². The van der Waals surface area contributed by atoms with Crippen LogP contribution < -0.4 is 16.0 Å². The number of esters is 1. The van der Waals surface area contributed by atoms with Crippen LogP contribution in [-0.2, 0) is 14.3 Å². The standard InChI is InChI=1S/C26H23N3O4/c1-2-33-22(30)16-27-25(31)18-11-8-12-19(15-18)28-24(17-9-4-3-5-10-17)23-20-13-6-7-14-21(20)29-26(23)32/h3-15,28H,2,16H2,1H3,(H,27,31)(H,29,32)/b24-23-. The number of rotatable bonds is 7. The van der Waals surface area contributed by atoms with Gasteiger partial charge in [-0.05, 0) is 36.8 Å². The van der Waals surface area contributed by atoms with Gasteiger partial charge in [-0.25, -0.2) is 0 Å². The smallest absolute Gasteiger partial charge is 0.325 e. The molecule has 0 aromatic heterocycles. The third-order valence-electron chi connectivity index (χ3n) is 5.08. The molecule has 0 fully saturated rings. The van der Waals surface area contributed by atoms with Gasteiger partial charge in [0.15, 0.2) is 0 Å². The van der Waals surface area contributed by atoms with Crippen molar-refractivity contribution in [3.8, 4) is 0 Å². The lowest BCUT2D eigenvalue weighted by Crippen LogP contribution is -2.30. The molecule has 166 valence electrons. The lowest BCUT2D eigenvalue weighted by molar-refractivity contribution is -0.141. The second-order valence-corrected chi connectivity index (χ2v) is 7.31. The van der Waals surface area contributed by atoms with Crippen LogP contribution in [0, 0.1) is 0 Å². The third kappa shape index (κ3) is 4.93. The average Bonchev–Trinajstić information content (AvgIpc) is 3.17. The first kappa shape index (κ1) is 21.8. The molecule has 0 saturated heterocycles. The minimum absolute atomic E-state index is 0.203. The van der Waals surface area contributed by atoms with Crippen molar-refractivity contribution in [2.24, 2.45) is 0 Å². The van der Waals surface area contributed by atoms with E-state index in [9.17, 15) is 14.4 Å². The predicted octanol–water partition coefficient (Wildman–Crippen LogP) is 3.91. The van der Waals surface area contributed by atoms with Crippen molar-refractivity contribution >= 4 is 40.4 Å². The van der Waals surface area contributed by atoms with E-state index in [0.29, 0.717) is 22.5 Å². The second-order valence-electron chi connectivity index (χ2n) is 7.31. The topological polar surface area (TPSA) is 96.5 Å². The molecule has 0 radical (unpaired) electrons. The second kappa shape index (κ2) is 9.82. The molecule has 0 aliphatic carbocycles. The zero-order chi connectivity index (χ0) is 23.2. The van der Waals surface area contributed by atoms with Crippen molar-refractivity contribution in [1.29, 1.82) is 0 Å². The lowest BCUT2D eigenvalue weighted by Gasteiger charge is -2.15. The number of carbonyl (C=O) groups is 3. The average molecular weight is 441 g/mol. The third-order valence-corrected chi connectivity index (χ3v) is 5.08. The number of ether oxygens (including phenoxy) is 1. The Hall–Kier alpha value is -4.39. The lowest BCUT2D eigenvalue weighted by atomic mass is 10.00. The minimum atomic E-state index is -0.498. The summed E-state index contributed by atoms with van der Waals surface area (Å²) in [7, 11) is 0. The van der Waals surface area contributed by atoms with Crippen LogP contribution in [0.4, 0.5) is 11.4 Å². The summed E-state index contributed by atoms with van der Waals surface area (Å²) in [6, 6.07) is 23.9. The highest BCUT2D eigenvalue weighted by molar-refractivity contribution is 6.37. The fourth-order valence-corrected chi connectivity index (χ4v) is 3.60. The number of hydrogen-bond acceptors (Lipinski definition) is 5. The summed E-state index contributed by atoms with van der Waals surface area (Å²) in [4.78, 5) is 36.9. The summed E-state index contributed by atoms with van der Waals surface area (Å²) >= 11 is 0. The normalized spacial score (nSPS) is 13.5. The molecule has 7 heteroatoms. The van der Waals surface area contributed by atoms with Crippen molar-refractivity contribution in [1.82, 2.24) is 5.32 Å². The Labute approximate surface area is 191 Å².